The third kappa shape index (κ3) is 2.41. The molecule has 0 amide bonds. The van der Waals surface area contributed by atoms with Gasteiger partial charge in [0.1, 0.15) is 17.8 Å². The van der Waals surface area contributed by atoms with Crippen LogP contribution in [0.3, 0.4) is 0 Å². The summed E-state index contributed by atoms with van der Waals surface area (Å²) < 4.78 is 10.3. The Morgan fingerprint density at radius 3 is 2.18 bits per heavy atom. The number of nitrogens with zero attached hydrogens (tertiary/aromatic N) is 3. The Morgan fingerprint density at radius 2 is 1.65 bits per heavy atom. The van der Waals surface area contributed by atoms with Crippen LogP contribution in [0.5, 0.6) is 11.5 Å². The molecule has 6 nitrogen and oxygen atoms in total. The van der Waals surface area contributed by atoms with Crippen molar-refractivity contribution >= 4 is 5.95 Å². The molecule has 0 saturated heterocycles. The van der Waals surface area contributed by atoms with E-state index in [1.165, 1.54) is 6.33 Å². The first-order chi connectivity index (χ1) is 8.22. The second-order valence-electron chi connectivity index (χ2n) is 3.27. The van der Waals surface area contributed by atoms with Crippen molar-refractivity contribution < 1.29 is 9.47 Å². The maximum absolute atomic E-state index is 5.51. The van der Waals surface area contributed by atoms with Crippen LogP contribution in [-0.4, -0.2) is 29.2 Å². The molecule has 2 rings (SSSR count). The normalized spacial score (nSPS) is 10.0. The third-order valence-electron chi connectivity index (χ3n) is 2.20. The molecule has 0 radical (unpaired) electrons. The largest absolute Gasteiger partial charge is 0.497 e. The Hall–Kier alpha value is -2.37. The van der Waals surface area contributed by atoms with Crippen LogP contribution in [0.4, 0.5) is 5.95 Å². The van der Waals surface area contributed by atoms with E-state index in [0.29, 0.717) is 17.3 Å². The molecule has 1 heterocycles. The number of hydrogen-bond acceptors (Lipinski definition) is 6. The van der Waals surface area contributed by atoms with Gasteiger partial charge in [0.05, 0.1) is 14.2 Å². The van der Waals surface area contributed by atoms with Crippen molar-refractivity contribution in [2.24, 2.45) is 0 Å². The monoisotopic (exact) mass is 232 g/mol. The molecule has 88 valence electrons. The van der Waals surface area contributed by atoms with Gasteiger partial charge in [0.2, 0.25) is 5.95 Å². The number of nitrogens with two attached hydrogens (primary N) is 1. The van der Waals surface area contributed by atoms with E-state index < -0.39 is 0 Å². The van der Waals surface area contributed by atoms with Crippen LogP contribution in [0.15, 0.2) is 24.5 Å². The molecule has 0 saturated carbocycles. The van der Waals surface area contributed by atoms with Gasteiger partial charge in [0.25, 0.3) is 0 Å². The fraction of sp³-hybridized carbons (Fsp3) is 0.182. The first-order valence-corrected chi connectivity index (χ1v) is 4.91. The smallest absolute Gasteiger partial charge is 0.223 e. The van der Waals surface area contributed by atoms with E-state index in [9.17, 15) is 0 Å². The van der Waals surface area contributed by atoms with Crippen LogP contribution >= 0.6 is 0 Å². The zero-order valence-electron chi connectivity index (χ0n) is 9.54. The van der Waals surface area contributed by atoms with E-state index in [4.69, 9.17) is 15.2 Å². The summed E-state index contributed by atoms with van der Waals surface area (Å²) in [5.41, 5.74) is 6.27. The third-order valence-corrected chi connectivity index (χ3v) is 2.20. The highest BCUT2D eigenvalue weighted by Gasteiger charge is 2.07. The number of nitrogen functional groups attached to an aromatic ring is 1. The van der Waals surface area contributed by atoms with Crippen molar-refractivity contribution in [1.29, 1.82) is 0 Å². The van der Waals surface area contributed by atoms with Gasteiger partial charge >= 0.3 is 0 Å². The molecular weight excluding hydrogens is 220 g/mol. The van der Waals surface area contributed by atoms with Gasteiger partial charge in [-0.3, -0.25) is 0 Å². The molecule has 0 aliphatic heterocycles. The topological polar surface area (TPSA) is 83.2 Å². The van der Waals surface area contributed by atoms with Gasteiger partial charge in [-0.25, -0.2) is 9.97 Å². The molecule has 0 aliphatic carbocycles. The van der Waals surface area contributed by atoms with Crippen molar-refractivity contribution in [3.8, 4) is 22.9 Å². The average Bonchev–Trinajstić information content (AvgIpc) is 2.38. The second kappa shape index (κ2) is 4.65. The average molecular weight is 232 g/mol. The molecule has 0 fully saturated rings. The minimum atomic E-state index is 0.178. The number of aromatic nitrogens is 3. The number of anilines is 1. The summed E-state index contributed by atoms with van der Waals surface area (Å²) in [7, 11) is 3.17. The maximum atomic E-state index is 5.51. The van der Waals surface area contributed by atoms with Gasteiger partial charge < -0.3 is 15.2 Å². The predicted molar refractivity (Wildman–Crippen MR) is 62.8 cm³/mol. The van der Waals surface area contributed by atoms with E-state index in [2.05, 4.69) is 15.0 Å². The van der Waals surface area contributed by atoms with Crippen LogP contribution in [0.25, 0.3) is 11.4 Å². The van der Waals surface area contributed by atoms with Crippen molar-refractivity contribution in [1.82, 2.24) is 15.0 Å². The molecule has 17 heavy (non-hydrogen) atoms. The molecule has 0 aliphatic rings. The van der Waals surface area contributed by atoms with Gasteiger partial charge in [0.15, 0.2) is 5.82 Å². The van der Waals surface area contributed by atoms with Gasteiger partial charge in [-0.2, -0.15) is 4.98 Å². The van der Waals surface area contributed by atoms with E-state index >= 15 is 0 Å². The highest BCUT2D eigenvalue weighted by atomic mass is 16.5. The Labute approximate surface area is 98.4 Å². The number of hydrogen-bond donors (Lipinski definition) is 1. The molecule has 0 bridgehead atoms. The molecule has 1 aromatic carbocycles. The van der Waals surface area contributed by atoms with Crippen molar-refractivity contribution in [2.75, 3.05) is 20.0 Å². The maximum Gasteiger partial charge on any atom is 0.223 e. The predicted octanol–water partition coefficient (Wildman–Crippen LogP) is 1.14. The number of benzene rings is 1. The lowest BCUT2D eigenvalue weighted by Gasteiger charge is -2.07. The lowest BCUT2D eigenvalue weighted by Crippen LogP contribution is -1.98. The lowest BCUT2D eigenvalue weighted by molar-refractivity contribution is 0.394. The van der Waals surface area contributed by atoms with Gasteiger partial charge in [-0.15, -0.1) is 0 Å². The van der Waals surface area contributed by atoms with Crippen molar-refractivity contribution in [3.63, 3.8) is 0 Å². The molecule has 0 unspecified atom stereocenters. The summed E-state index contributed by atoms with van der Waals surface area (Å²) in [6.07, 6.45) is 1.36. The summed E-state index contributed by atoms with van der Waals surface area (Å²) >= 11 is 0. The van der Waals surface area contributed by atoms with E-state index in [1.807, 2.05) is 0 Å². The molecule has 0 spiro atoms. The van der Waals surface area contributed by atoms with E-state index in [0.717, 1.165) is 5.56 Å². The Morgan fingerprint density at radius 1 is 1.00 bits per heavy atom. The van der Waals surface area contributed by atoms with Crippen LogP contribution in [0.2, 0.25) is 0 Å². The molecule has 1 aromatic heterocycles. The van der Waals surface area contributed by atoms with E-state index in [1.54, 1.807) is 32.4 Å². The standard InChI is InChI=1S/C11H12N4O2/c1-16-8-3-7(4-9(5-8)17-2)10-13-6-14-11(12)15-10/h3-6H,1-2H3,(H2,12,13,14,15). The van der Waals surface area contributed by atoms with Gasteiger partial charge in [-0.05, 0) is 12.1 Å². The van der Waals surface area contributed by atoms with Crippen LogP contribution in [0.1, 0.15) is 0 Å². The summed E-state index contributed by atoms with van der Waals surface area (Å²) in [6.45, 7) is 0. The molecule has 2 aromatic rings. The Balaban J connectivity index is 2.50. The molecular formula is C11H12N4O2. The summed E-state index contributed by atoms with van der Waals surface area (Å²) in [4.78, 5) is 11.8. The van der Waals surface area contributed by atoms with Crippen LogP contribution < -0.4 is 15.2 Å². The highest BCUT2D eigenvalue weighted by molar-refractivity contribution is 5.61. The Kier molecular flexibility index (Phi) is 3.04. The van der Waals surface area contributed by atoms with Gasteiger partial charge in [0, 0.05) is 11.6 Å². The lowest BCUT2D eigenvalue weighted by atomic mass is 10.2. The first-order valence-electron chi connectivity index (χ1n) is 4.91. The minimum Gasteiger partial charge on any atom is -0.497 e. The number of rotatable bonds is 3. The highest BCUT2D eigenvalue weighted by Crippen LogP contribution is 2.27. The first kappa shape index (κ1) is 11.1. The summed E-state index contributed by atoms with van der Waals surface area (Å²) in [6, 6.07) is 5.38. The quantitative estimate of drug-likeness (QED) is 0.854. The molecule has 6 heteroatoms. The summed E-state index contributed by atoms with van der Waals surface area (Å²) in [5, 5.41) is 0. The summed E-state index contributed by atoms with van der Waals surface area (Å²) in [5.74, 6) is 1.99. The number of methoxy groups -OCH3 is 2. The van der Waals surface area contributed by atoms with Crippen molar-refractivity contribution in [2.45, 2.75) is 0 Å². The van der Waals surface area contributed by atoms with Crippen molar-refractivity contribution in [3.05, 3.63) is 24.5 Å². The second-order valence-corrected chi connectivity index (χ2v) is 3.27. The van der Waals surface area contributed by atoms with E-state index in [-0.39, 0.29) is 5.95 Å². The number of ether oxygens (including phenoxy) is 2. The van der Waals surface area contributed by atoms with Crippen LogP contribution in [0, 0.1) is 0 Å². The minimum absolute atomic E-state index is 0.178. The fourth-order valence-corrected chi connectivity index (χ4v) is 1.38. The molecule has 2 N–H and O–H groups in total. The van der Waals surface area contributed by atoms with Gasteiger partial charge in [-0.1, -0.05) is 0 Å². The van der Waals surface area contributed by atoms with Crippen LogP contribution in [-0.2, 0) is 0 Å². The SMILES string of the molecule is COc1cc(OC)cc(-c2ncnc(N)n2)c1. The zero-order chi connectivity index (χ0) is 12.3. The molecule has 0 atom stereocenters. The zero-order valence-corrected chi connectivity index (χ0v) is 9.54. The fourth-order valence-electron chi connectivity index (χ4n) is 1.38. The Bertz CT molecular complexity index is 508.